The molecule has 3 nitrogen and oxygen atoms in total. The summed E-state index contributed by atoms with van der Waals surface area (Å²) < 4.78 is 5.85. The molecule has 4 heteroatoms. The molecule has 0 N–H and O–H groups in total. The summed E-state index contributed by atoms with van der Waals surface area (Å²) in [6, 6.07) is 45.5. The van der Waals surface area contributed by atoms with Crippen molar-refractivity contribution in [1.82, 2.24) is 9.97 Å². The van der Waals surface area contributed by atoms with E-state index in [4.69, 9.17) is 4.42 Å². The molecule has 42 heavy (non-hydrogen) atoms. The Bertz CT molecular complexity index is 1900. The molecule has 0 amide bonds. The third kappa shape index (κ3) is 6.74. The quantitative estimate of drug-likeness (QED) is 0.166. The molecule has 1 radical (unpaired) electrons. The van der Waals surface area contributed by atoms with Crippen LogP contribution >= 0.6 is 0 Å². The molecule has 0 aliphatic rings. The van der Waals surface area contributed by atoms with E-state index >= 15 is 0 Å². The number of benzene rings is 4. The Kier molecular flexibility index (Phi) is 9.38. The molecule has 0 unspecified atom stereocenters. The van der Waals surface area contributed by atoms with Gasteiger partial charge in [-0.15, -0.1) is 59.7 Å². The monoisotopic (exact) mass is 723 g/mol. The van der Waals surface area contributed by atoms with Crippen LogP contribution in [0.5, 0.6) is 0 Å². The van der Waals surface area contributed by atoms with Crippen molar-refractivity contribution in [1.29, 1.82) is 0 Å². The molecule has 3 aromatic heterocycles. The van der Waals surface area contributed by atoms with Gasteiger partial charge >= 0.3 is 0 Å². The summed E-state index contributed by atoms with van der Waals surface area (Å²) in [7, 11) is 0. The number of para-hydroxylation sites is 1. The Morgan fingerprint density at radius 3 is 2.17 bits per heavy atom. The first kappa shape index (κ1) is 29.1. The van der Waals surface area contributed by atoms with E-state index < -0.39 is 0 Å². The molecule has 0 saturated carbocycles. The predicted molar refractivity (Wildman–Crippen MR) is 168 cm³/mol. The van der Waals surface area contributed by atoms with Gasteiger partial charge in [-0.1, -0.05) is 85.5 Å². The summed E-state index contributed by atoms with van der Waals surface area (Å²) in [4.78, 5) is 8.92. The average molecular weight is 723 g/mol. The van der Waals surface area contributed by atoms with Crippen molar-refractivity contribution < 1.29 is 24.5 Å². The second-order valence-corrected chi connectivity index (χ2v) is 10.3. The average Bonchev–Trinajstić information content (AvgIpc) is 3.41. The van der Waals surface area contributed by atoms with Crippen LogP contribution in [0, 0.1) is 12.1 Å². The van der Waals surface area contributed by atoms with Crippen molar-refractivity contribution in [3.05, 3.63) is 156 Å². The molecule has 7 rings (SSSR count). The second kappa shape index (κ2) is 13.5. The third-order valence-electron chi connectivity index (χ3n) is 7.10. The fraction of sp³-hybridized carbons (Fsp3) is 0.105. The van der Waals surface area contributed by atoms with Gasteiger partial charge < -0.3 is 14.4 Å². The van der Waals surface area contributed by atoms with E-state index in [1.807, 2.05) is 67.0 Å². The molecule has 0 fully saturated rings. The number of rotatable bonds is 5. The van der Waals surface area contributed by atoms with E-state index in [-0.39, 0.29) is 20.1 Å². The van der Waals surface area contributed by atoms with Crippen molar-refractivity contribution in [2.45, 2.75) is 26.2 Å². The number of furan rings is 1. The normalized spacial score (nSPS) is 10.7. The Hall–Kier alpha value is -4.37. The van der Waals surface area contributed by atoms with E-state index in [1.165, 1.54) is 16.7 Å². The number of pyridine rings is 2. The number of hydrogen-bond donors (Lipinski definition) is 0. The molecule has 0 aliphatic heterocycles. The van der Waals surface area contributed by atoms with Crippen LogP contribution in [0.4, 0.5) is 0 Å². The smallest absolute Gasteiger partial charge is 0.120 e. The molecule has 0 saturated heterocycles. The summed E-state index contributed by atoms with van der Waals surface area (Å²) in [6.45, 7) is 4.38. The number of hydrogen-bond acceptors (Lipinski definition) is 3. The van der Waals surface area contributed by atoms with E-state index in [0.717, 1.165) is 50.9 Å². The van der Waals surface area contributed by atoms with Crippen LogP contribution in [0.3, 0.4) is 0 Å². The third-order valence-corrected chi connectivity index (χ3v) is 7.10. The summed E-state index contributed by atoms with van der Waals surface area (Å²) in [5, 5.41) is 2.24. The van der Waals surface area contributed by atoms with Gasteiger partial charge in [-0.05, 0) is 53.1 Å². The zero-order valence-electron chi connectivity index (χ0n) is 23.5. The predicted octanol–water partition coefficient (Wildman–Crippen LogP) is 9.71. The van der Waals surface area contributed by atoms with Crippen LogP contribution in [-0.4, -0.2) is 9.97 Å². The maximum Gasteiger partial charge on any atom is 0.120 e. The number of fused-ring (bicyclic) bond motifs is 3. The summed E-state index contributed by atoms with van der Waals surface area (Å²) >= 11 is 0. The fourth-order valence-corrected chi connectivity index (χ4v) is 4.89. The standard InChI is InChI=1S/C20H16NO.C18H14N.Ir/c1-13(2)14-9-10-21-18(12-14)15-7-8-20-17(11-15)16-5-3-4-6-19(16)22-20;1-3-7-15(8-4-1)13-16-11-12-19-18(14-16)17-9-5-2-6-10-17;/h3-6,8-13H,1-2H3;1-9,11-12,14H,13H2;/q2*-1;. The van der Waals surface area contributed by atoms with Crippen LogP contribution < -0.4 is 0 Å². The van der Waals surface area contributed by atoms with Crippen LogP contribution in [0.25, 0.3) is 44.5 Å². The first-order chi connectivity index (χ1) is 20.1. The van der Waals surface area contributed by atoms with Crippen molar-refractivity contribution in [2.75, 3.05) is 0 Å². The second-order valence-electron chi connectivity index (χ2n) is 10.3. The van der Waals surface area contributed by atoms with E-state index in [2.05, 4.69) is 96.6 Å². The van der Waals surface area contributed by atoms with Crippen LogP contribution in [-0.2, 0) is 26.5 Å². The SMILES string of the molecule is CC(C)c1ccnc(-c2[c-]cc3oc4ccccc4c3c2)c1.[Ir].[c-]1ccccc1-c1cc(Cc2ccccc2)ccn1. The topological polar surface area (TPSA) is 38.9 Å². The molecule has 0 spiro atoms. The van der Waals surface area contributed by atoms with E-state index in [1.54, 1.807) is 0 Å². The minimum atomic E-state index is 0. The number of aromatic nitrogens is 2. The Balaban J connectivity index is 0.000000166. The minimum Gasteiger partial charge on any atom is -0.500 e. The number of nitrogens with zero attached hydrogens (tertiary/aromatic N) is 2. The van der Waals surface area contributed by atoms with Gasteiger partial charge in [0.1, 0.15) is 5.58 Å². The molecule has 7 aromatic rings. The van der Waals surface area contributed by atoms with Crippen LogP contribution in [0.1, 0.15) is 36.5 Å². The van der Waals surface area contributed by atoms with Crippen molar-refractivity contribution in [3.63, 3.8) is 0 Å². The van der Waals surface area contributed by atoms with E-state index in [0.29, 0.717) is 5.92 Å². The van der Waals surface area contributed by atoms with Crippen molar-refractivity contribution in [3.8, 4) is 22.5 Å². The van der Waals surface area contributed by atoms with Crippen LogP contribution in [0.15, 0.2) is 132 Å². The van der Waals surface area contributed by atoms with Gasteiger partial charge in [-0.25, -0.2) is 0 Å². The van der Waals surface area contributed by atoms with Gasteiger partial charge in [0, 0.05) is 37.9 Å². The van der Waals surface area contributed by atoms with Gasteiger partial charge in [0.05, 0.1) is 5.58 Å². The Morgan fingerprint density at radius 2 is 1.38 bits per heavy atom. The van der Waals surface area contributed by atoms with Gasteiger partial charge in [-0.2, -0.15) is 0 Å². The molecule has 4 aromatic carbocycles. The molecular formula is C38H30IrN2O-2. The zero-order chi connectivity index (χ0) is 28.0. The van der Waals surface area contributed by atoms with Gasteiger partial charge in [0.15, 0.2) is 0 Å². The minimum absolute atomic E-state index is 0. The van der Waals surface area contributed by atoms with Crippen molar-refractivity contribution in [2.24, 2.45) is 0 Å². The molecule has 0 aliphatic carbocycles. The first-order valence-corrected chi connectivity index (χ1v) is 13.9. The molecule has 3 heterocycles. The molecule has 0 bridgehead atoms. The van der Waals surface area contributed by atoms with Gasteiger partial charge in [-0.3, -0.25) is 0 Å². The summed E-state index contributed by atoms with van der Waals surface area (Å²) in [5.41, 5.74) is 9.63. The summed E-state index contributed by atoms with van der Waals surface area (Å²) in [5.74, 6) is 0.486. The maximum absolute atomic E-state index is 5.85. The zero-order valence-corrected chi connectivity index (χ0v) is 25.9. The largest absolute Gasteiger partial charge is 0.500 e. The molecule has 0 atom stereocenters. The molecular weight excluding hydrogens is 693 g/mol. The Labute approximate surface area is 260 Å². The van der Waals surface area contributed by atoms with Gasteiger partial charge in [0.2, 0.25) is 0 Å². The first-order valence-electron chi connectivity index (χ1n) is 13.9. The van der Waals surface area contributed by atoms with Crippen LogP contribution in [0.2, 0.25) is 0 Å². The van der Waals surface area contributed by atoms with E-state index in [9.17, 15) is 0 Å². The molecule has 209 valence electrons. The Morgan fingerprint density at radius 1 is 0.643 bits per heavy atom. The summed E-state index contributed by atoms with van der Waals surface area (Å²) in [6.07, 6.45) is 4.67. The van der Waals surface area contributed by atoms with Gasteiger partial charge in [0.25, 0.3) is 0 Å². The van der Waals surface area contributed by atoms with Crippen molar-refractivity contribution >= 4 is 21.9 Å². The fourth-order valence-electron chi connectivity index (χ4n) is 4.89. The maximum atomic E-state index is 5.85.